The Labute approximate surface area is 121 Å². The molecule has 2 aromatic carbocycles. The third-order valence-corrected chi connectivity index (χ3v) is 3.11. The highest BCUT2D eigenvalue weighted by atomic mass is 35.5. The number of hydrogen-bond donors (Lipinski definition) is 1. The third kappa shape index (κ3) is 3.21. The summed E-state index contributed by atoms with van der Waals surface area (Å²) < 4.78 is 23.9. The predicted octanol–water partition coefficient (Wildman–Crippen LogP) is 3.56. The molecule has 20 heavy (non-hydrogen) atoms. The van der Waals surface area contributed by atoms with Gasteiger partial charge < -0.3 is 14.6 Å². The van der Waals surface area contributed by atoms with Gasteiger partial charge in [-0.3, -0.25) is 0 Å². The average molecular weight is 297 g/mol. The zero-order chi connectivity index (χ0) is 14.5. The maximum absolute atomic E-state index is 13.1. The normalized spacial score (nSPS) is 10.4. The summed E-state index contributed by atoms with van der Waals surface area (Å²) >= 11 is 5.72. The molecule has 2 rings (SSSR count). The van der Waals surface area contributed by atoms with Gasteiger partial charge in [0.15, 0.2) is 11.5 Å². The molecule has 0 saturated carbocycles. The minimum absolute atomic E-state index is 0.0495. The molecule has 3 nitrogen and oxygen atoms in total. The van der Waals surface area contributed by atoms with Gasteiger partial charge in [0.1, 0.15) is 12.4 Å². The van der Waals surface area contributed by atoms with Crippen LogP contribution in [-0.4, -0.2) is 12.2 Å². The highest BCUT2D eigenvalue weighted by Crippen LogP contribution is 2.32. The van der Waals surface area contributed by atoms with Gasteiger partial charge in [-0.05, 0) is 23.8 Å². The second kappa shape index (κ2) is 6.59. The first-order valence-electron chi connectivity index (χ1n) is 5.99. The van der Waals surface area contributed by atoms with Crippen molar-refractivity contribution in [3.05, 3.63) is 58.4 Å². The van der Waals surface area contributed by atoms with Crippen LogP contribution in [0.4, 0.5) is 4.39 Å². The van der Waals surface area contributed by atoms with Crippen molar-refractivity contribution in [2.24, 2.45) is 0 Å². The molecule has 0 saturated heterocycles. The first-order valence-corrected chi connectivity index (χ1v) is 6.37. The van der Waals surface area contributed by atoms with Crippen LogP contribution >= 0.6 is 11.6 Å². The zero-order valence-corrected chi connectivity index (χ0v) is 11.7. The van der Waals surface area contributed by atoms with Crippen LogP contribution < -0.4 is 9.47 Å². The van der Waals surface area contributed by atoms with E-state index < -0.39 is 5.82 Å². The number of benzene rings is 2. The summed E-state index contributed by atoms with van der Waals surface area (Å²) in [5, 5.41) is 9.36. The Bertz CT molecular complexity index is 579. The minimum atomic E-state index is -0.469. The second-order valence-corrected chi connectivity index (χ2v) is 4.55. The Morgan fingerprint density at radius 1 is 1.25 bits per heavy atom. The number of hydrogen-bond acceptors (Lipinski definition) is 3. The smallest absolute Gasteiger partial charge is 0.167 e. The standard InChI is InChI=1S/C15H14ClFO3/c1-19-14-4-2-3-11(8-18)15(14)20-9-10-5-6-13(17)12(16)7-10/h2-7,18H,8-9H2,1H3. The number of aliphatic hydroxyl groups is 1. The monoisotopic (exact) mass is 296 g/mol. The summed E-state index contributed by atoms with van der Waals surface area (Å²) in [4.78, 5) is 0. The molecule has 0 spiro atoms. The molecule has 2 aromatic rings. The van der Waals surface area contributed by atoms with Gasteiger partial charge in [0.2, 0.25) is 0 Å². The lowest BCUT2D eigenvalue weighted by Gasteiger charge is -2.14. The molecule has 0 aliphatic carbocycles. The molecule has 106 valence electrons. The lowest BCUT2D eigenvalue weighted by atomic mass is 10.2. The van der Waals surface area contributed by atoms with Crippen LogP contribution in [0.3, 0.4) is 0 Å². The van der Waals surface area contributed by atoms with Gasteiger partial charge >= 0.3 is 0 Å². The van der Waals surface area contributed by atoms with Gasteiger partial charge in [0, 0.05) is 5.56 Å². The summed E-state index contributed by atoms with van der Waals surface area (Å²) in [6.07, 6.45) is 0. The maximum atomic E-state index is 13.1. The van der Waals surface area contributed by atoms with Crippen molar-refractivity contribution in [1.29, 1.82) is 0 Å². The van der Waals surface area contributed by atoms with Crippen LogP contribution in [0.2, 0.25) is 5.02 Å². The van der Waals surface area contributed by atoms with E-state index in [1.54, 1.807) is 24.3 Å². The molecular formula is C15H14ClFO3. The Balaban J connectivity index is 2.19. The number of ether oxygens (including phenoxy) is 2. The van der Waals surface area contributed by atoms with E-state index >= 15 is 0 Å². The molecule has 0 aliphatic heterocycles. The zero-order valence-electron chi connectivity index (χ0n) is 10.9. The van der Waals surface area contributed by atoms with Crippen molar-refractivity contribution < 1.29 is 19.0 Å². The van der Waals surface area contributed by atoms with E-state index in [2.05, 4.69) is 0 Å². The molecule has 5 heteroatoms. The fraction of sp³-hybridized carbons (Fsp3) is 0.200. The Morgan fingerprint density at radius 2 is 2.05 bits per heavy atom. The summed E-state index contributed by atoms with van der Waals surface area (Å²) in [5.74, 6) is 0.534. The van der Waals surface area contributed by atoms with Crippen molar-refractivity contribution in [2.75, 3.05) is 7.11 Å². The largest absolute Gasteiger partial charge is 0.493 e. The number of rotatable bonds is 5. The van der Waals surface area contributed by atoms with Gasteiger partial charge in [-0.2, -0.15) is 0 Å². The van der Waals surface area contributed by atoms with Gasteiger partial charge in [-0.25, -0.2) is 4.39 Å². The molecule has 1 N–H and O–H groups in total. The summed E-state index contributed by atoms with van der Waals surface area (Å²) in [7, 11) is 1.53. The number of halogens is 2. The van der Waals surface area contributed by atoms with E-state index in [-0.39, 0.29) is 18.2 Å². The van der Waals surface area contributed by atoms with E-state index in [9.17, 15) is 9.50 Å². The van der Waals surface area contributed by atoms with Crippen molar-refractivity contribution >= 4 is 11.6 Å². The van der Waals surface area contributed by atoms with E-state index in [1.165, 1.54) is 19.2 Å². The third-order valence-electron chi connectivity index (χ3n) is 2.82. The Kier molecular flexibility index (Phi) is 4.82. The topological polar surface area (TPSA) is 38.7 Å². The van der Waals surface area contributed by atoms with Crippen molar-refractivity contribution in [1.82, 2.24) is 0 Å². The molecule has 0 amide bonds. The van der Waals surface area contributed by atoms with Crippen molar-refractivity contribution in [2.45, 2.75) is 13.2 Å². The van der Waals surface area contributed by atoms with Crippen LogP contribution in [0, 0.1) is 5.82 Å². The lowest BCUT2D eigenvalue weighted by Crippen LogP contribution is -2.01. The van der Waals surface area contributed by atoms with Crippen LogP contribution in [0.1, 0.15) is 11.1 Å². The average Bonchev–Trinajstić information content (AvgIpc) is 2.48. The van der Waals surface area contributed by atoms with E-state index in [4.69, 9.17) is 21.1 Å². The molecular weight excluding hydrogens is 283 g/mol. The van der Waals surface area contributed by atoms with Crippen LogP contribution in [0.5, 0.6) is 11.5 Å². The first kappa shape index (κ1) is 14.6. The van der Waals surface area contributed by atoms with Gasteiger partial charge in [0.05, 0.1) is 18.7 Å². The fourth-order valence-electron chi connectivity index (χ4n) is 1.80. The molecule has 0 bridgehead atoms. The van der Waals surface area contributed by atoms with Crippen LogP contribution in [-0.2, 0) is 13.2 Å². The fourth-order valence-corrected chi connectivity index (χ4v) is 2.00. The van der Waals surface area contributed by atoms with Crippen LogP contribution in [0.15, 0.2) is 36.4 Å². The minimum Gasteiger partial charge on any atom is -0.493 e. The van der Waals surface area contributed by atoms with E-state index in [0.717, 1.165) is 5.56 Å². The Hall–Kier alpha value is -1.78. The van der Waals surface area contributed by atoms with Crippen molar-refractivity contribution in [3.63, 3.8) is 0 Å². The summed E-state index contributed by atoms with van der Waals surface area (Å²) in [6.45, 7) is 0.0457. The van der Waals surface area contributed by atoms with E-state index in [0.29, 0.717) is 17.1 Å². The highest BCUT2D eigenvalue weighted by Gasteiger charge is 2.10. The molecule has 0 aromatic heterocycles. The number of para-hydroxylation sites is 1. The first-order chi connectivity index (χ1) is 9.65. The summed E-state index contributed by atoms with van der Waals surface area (Å²) in [6, 6.07) is 9.64. The molecule has 0 radical (unpaired) electrons. The van der Waals surface area contributed by atoms with Crippen molar-refractivity contribution in [3.8, 4) is 11.5 Å². The molecule has 0 atom stereocenters. The molecule has 0 aliphatic rings. The SMILES string of the molecule is COc1cccc(CO)c1OCc1ccc(F)c(Cl)c1. The summed E-state index contributed by atoms with van der Waals surface area (Å²) in [5.41, 5.74) is 1.35. The molecule has 0 heterocycles. The maximum Gasteiger partial charge on any atom is 0.167 e. The molecule has 0 unspecified atom stereocenters. The lowest BCUT2D eigenvalue weighted by molar-refractivity contribution is 0.250. The number of methoxy groups -OCH3 is 1. The Morgan fingerprint density at radius 3 is 2.70 bits per heavy atom. The van der Waals surface area contributed by atoms with Gasteiger partial charge in [-0.1, -0.05) is 29.8 Å². The van der Waals surface area contributed by atoms with E-state index in [1.807, 2.05) is 0 Å². The quantitative estimate of drug-likeness (QED) is 0.917. The second-order valence-electron chi connectivity index (χ2n) is 4.14. The number of aliphatic hydroxyl groups excluding tert-OH is 1. The van der Waals surface area contributed by atoms with Gasteiger partial charge in [0.25, 0.3) is 0 Å². The highest BCUT2D eigenvalue weighted by molar-refractivity contribution is 6.30. The predicted molar refractivity (Wildman–Crippen MR) is 74.7 cm³/mol. The van der Waals surface area contributed by atoms with Gasteiger partial charge in [-0.15, -0.1) is 0 Å². The van der Waals surface area contributed by atoms with Crippen LogP contribution in [0.25, 0.3) is 0 Å². The molecule has 0 fully saturated rings.